The van der Waals surface area contributed by atoms with Crippen molar-refractivity contribution in [3.63, 3.8) is 0 Å². The Bertz CT molecular complexity index is 631. The summed E-state index contributed by atoms with van der Waals surface area (Å²) in [6.07, 6.45) is 1.03. The topological polar surface area (TPSA) is 99.2 Å². The average Bonchev–Trinajstić information content (AvgIpc) is 3.12. The van der Waals surface area contributed by atoms with Crippen LogP contribution in [0.5, 0.6) is 0 Å². The van der Waals surface area contributed by atoms with E-state index in [1.165, 1.54) is 12.8 Å². The number of nitrogens with one attached hydrogen (secondary N) is 1. The van der Waals surface area contributed by atoms with E-state index in [-0.39, 0.29) is 23.5 Å². The largest absolute Gasteiger partial charge is 0.490 e. The first-order valence-electron chi connectivity index (χ1n) is 10.2. The number of alkyl halides is 3. The molecule has 0 aromatic rings. The Labute approximate surface area is 173 Å². The summed E-state index contributed by atoms with van der Waals surface area (Å²) in [5, 5.41) is 10.3. The number of carboxylic acid groups (broad SMARTS) is 1. The van der Waals surface area contributed by atoms with Crippen molar-refractivity contribution in [3.05, 3.63) is 0 Å². The summed E-state index contributed by atoms with van der Waals surface area (Å²) >= 11 is 0. The lowest BCUT2D eigenvalue weighted by atomic mass is 9.90. The van der Waals surface area contributed by atoms with Gasteiger partial charge in [0.1, 0.15) is 11.6 Å². The fourth-order valence-corrected chi connectivity index (χ4v) is 4.03. The van der Waals surface area contributed by atoms with Crippen molar-refractivity contribution in [1.29, 1.82) is 0 Å². The van der Waals surface area contributed by atoms with E-state index >= 15 is 0 Å². The molecule has 2 saturated heterocycles. The van der Waals surface area contributed by atoms with Gasteiger partial charge in [0.2, 0.25) is 11.8 Å². The Morgan fingerprint density at radius 2 is 1.73 bits per heavy atom. The molecular formula is C19H30F3N3O5. The number of aliphatic carboxylic acids is 1. The number of carbonyl (C=O) groups is 3. The second kappa shape index (κ2) is 9.95. The van der Waals surface area contributed by atoms with Gasteiger partial charge in [-0.3, -0.25) is 14.5 Å². The third-order valence-corrected chi connectivity index (χ3v) is 5.64. The summed E-state index contributed by atoms with van der Waals surface area (Å²) in [6, 6.07) is 0.138. The van der Waals surface area contributed by atoms with Gasteiger partial charge in [-0.15, -0.1) is 0 Å². The van der Waals surface area contributed by atoms with Crippen LogP contribution in [0.15, 0.2) is 0 Å². The van der Waals surface area contributed by atoms with E-state index in [0.717, 1.165) is 19.3 Å². The molecule has 11 heteroatoms. The van der Waals surface area contributed by atoms with E-state index < -0.39 is 12.1 Å². The molecule has 2 amide bonds. The Balaban J connectivity index is 0.000000396. The monoisotopic (exact) mass is 437 g/mol. The molecule has 30 heavy (non-hydrogen) atoms. The lowest BCUT2D eigenvalue weighted by Crippen LogP contribution is -2.73. The molecule has 2 N–H and O–H groups in total. The zero-order valence-corrected chi connectivity index (χ0v) is 17.3. The van der Waals surface area contributed by atoms with E-state index in [9.17, 15) is 22.8 Å². The number of amides is 2. The number of nitrogens with zero attached hydrogens (tertiary/aromatic N) is 2. The summed E-state index contributed by atoms with van der Waals surface area (Å²) in [5.74, 6) is -2.45. The maximum Gasteiger partial charge on any atom is 0.490 e. The van der Waals surface area contributed by atoms with E-state index in [1.54, 1.807) is 0 Å². The number of hydrogen-bond acceptors (Lipinski definition) is 5. The molecule has 172 valence electrons. The van der Waals surface area contributed by atoms with Gasteiger partial charge in [-0.25, -0.2) is 4.79 Å². The van der Waals surface area contributed by atoms with Crippen molar-refractivity contribution >= 4 is 17.8 Å². The highest BCUT2D eigenvalue weighted by Crippen LogP contribution is 2.31. The number of rotatable bonds is 4. The lowest BCUT2D eigenvalue weighted by molar-refractivity contribution is -0.201. The van der Waals surface area contributed by atoms with Gasteiger partial charge in [-0.1, -0.05) is 19.8 Å². The second-order valence-electron chi connectivity index (χ2n) is 8.22. The van der Waals surface area contributed by atoms with E-state index in [4.69, 9.17) is 14.6 Å². The predicted molar refractivity (Wildman–Crippen MR) is 101 cm³/mol. The maximum absolute atomic E-state index is 12.4. The first kappa shape index (κ1) is 24.4. The Hall–Kier alpha value is -1.88. The molecule has 3 fully saturated rings. The normalized spacial score (nSPS) is 24.0. The van der Waals surface area contributed by atoms with Crippen LogP contribution >= 0.6 is 0 Å². The van der Waals surface area contributed by atoms with Crippen LogP contribution in [0, 0.1) is 0 Å². The Morgan fingerprint density at radius 1 is 1.17 bits per heavy atom. The fourth-order valence-electron chi connectivity index (χ4n) is 4.03. The fraction of sp³-hybridized carbons (Fsp3) is 0.842. The molecule has 2 aliphatic heterocycles. The quantitative estimate of drug-likeness (QED) is 0.690. The van der Waals surface area contributed by atoms with Crippen LogP contribution in [0.25, 0.3) is 0 Å². The summed E-state index contributed by atoms with van der Waals surface area (Å²) in [6.45, 7) is 4.47. The minimum atomic E-state index is -5.08. The molecule has 2 heterocycles. The third-order valence-electron chi connectivity index (χ3n) is 5.64. The van der Waals surface area contributed by atoms with Crippen molar-refractivity contribution in [1.82, 2.24) is 15.1 Å². The van der Waals surface area contributed by atoms with Crippen LogP contribution < -0.4 is 5.32 Å². The number of likely N-dealkylation sites (tertiary alicyclic amines) is 1. The number of carboxylic acids is 1. The van der Waals surface area contributed by atoms with Crippen molar-refractivity contribution < 1.29 is 37.4 Å². The molecule has 1 unspecified atom stereocenters. The SMILES string of the molecule is CCCC(=O)N1CC2(C1)CN(C)C(C(=O)NC1CCCC1)CO2.O=C(O)C(F)(F)F. The van der Waals surface area contributed by atoms with Gasteiger partial charge < -0.3 is 20.1 Å². The molecule has 0 radical (unpaired) electrons. The number of halogens is 3. The highest BCUT2D eigenvalue weighted by Gasteiger charge is 2.51. The molecule has 3 rings (SSSR count). The molecule has 8 nitrogen and oxygen atoms in total. The van der Waals surface area contributed by atoms with Crippen LogP contribution in [-0.4, -0.2) is 89.8 Å². The smallest absolute Gasteiger partial charge is 0.475 e. The minimum Gasteiger partial charge on any atom is -0.475 e. The minimum absolute atomic E-state index is 0.0903. The van der Waals surface area contributed by atoms with Gasteiger partial charge >= 0.3 is 12.1 Å². The van der Waals surface area contributed by atoms with E-state index in [2.05, 4.69) is 10.2 Å². The van der Waals surface area contributed by atoms with Gasteiger partial charge in [0.25, 0.3) is 0 Å². The van der Waals surface area contributed by atoms with E-state index in [1.807, 2.05) is 18.9 Å². The third kappa shape index (κ3) is 6.31. The van der Waals surface area contributed by atoms with Crippen LogP contribution in [0.2, 0.25) is 0 Å². The zero-order chi connectivity index (χ0) is 22.5. The highest BCUT2D eigenvalue weighted by atomic mass is 19.4. The van der Waals surface area contributed by atoms with Crippen LogP contribution in [-0.2, 0) is 19.1 Å². The van der Waals surface area contributed by atoms with Gasteiger partial charge in [0.05, 0.1) is 19.7 Å². The first-order valence-corrected chi connectivity index (χ1v) is 10.2. The lowest BCUT2D eigenvalue weighted by Gasteiger charge is -2.54. The number of likely N-dealkylation sites (N-methyl/N-ethyl adjacent to an activating group) is 1. The van der Waals surface area contributed by atoms with Gasteiger partial charge in [-0.05, 0) is 26.3 Å². The summed E-state index contributed by atoms with van der Waals surface area (Å²) in [7, 11) is 1.99. The Kier molecular flexibility index (Phi) is 8.09. The van der Waals surface area contributed by atoms with Crippen molar-refractivity contribution in [2.24, 2.45) is 0 Å². The predicted octanol–water partition coefficient (Wildman–Crippen LogP) is 1.39. The van der Waals surface area contributed by atoms with Crippen LogP contribution in [0.3, 0.4) is 0 Å². The van der Waals surface area contributed by atoms with E-state index in [0.29, 0.717) is 38.7 Å². The zero-order valence-electron chi connectivity index (χ0n) is 17.3. The highest BCUT2D eigenvalue weighted by molar-refractivity contribution is 5.82. The van der Waals surface area contributed by atoms with Crippen molar-refractivity contribution in [2.75, 3.05) is 33.3 Å². The first-order chi connectivity index (χ1) is 14.0. The molecule has 1 saturated carbocycles. The molecule has 3 aliphatic rings. The number of carbonyl (C=O) groups excluding carboxylic acids is 2. The second-order valence-corrected chi connectivity index (χ2v) is 8.22. The average molecular weight is 437 g/mol. The molecule has 1 spiro atoms. The summed E-state index contributed by atoms with van der Waals surface area (Å²) in [5.41, 5.74) is -0.262. The number of ether oxygens (including phenoxy) is 1. The van der Waals surface area contributed by atoms with Gasteiger partial charge in [0.15, 0.2) is 0 Å². The van der Waals surface area contributed by atoms with Gasteiger partial charge in [-0.2, -0.15) is 13.2 Å². The molecule has 0 bridgehead atoms. The maximum atomic E-state index is 12.4. The number of hydrogen-bond donors (Lipinski definition) is 2. The van der Waals surface area contributed by atoms with Crippen LogP contribution in [0.1, 0.15) is 45.4 Å². The number of morpholine rings is 1. The standard InChI is InChI=1S/C17H29N3O3.C2HF3O2/c1-3-6-15(21)20-11-17(12-20)10-19(2)14(9-23-17)16(22)18-13-7-4-5-8-13;3-2(4,5)1(6)7/h13-14H,3-12H2,1-2H3,(H,18,22);(H,6,7). The molecular weight excluding hydrogens is 407 g/mol. The molecule has 1 atom stereocenters. The molecule has 0 aromatic carbocycles. The Morgan fingerprint density at radius 3 is 2.20 bits per heavy atom. The van der Waals surface area contributed by atoms with Crippen molar-refractivity contribution in [2.45, 2.75) is 69.3 Å². The van der Waals surface area contributed by atoms with Crippen LogP contribution in [0.4, 0.5) is 13.2 Å². The molecule has 1 aliphatic carbocycles. The summed E-state index contributed by atoms with van der Waals surface area (Å²) in [4.78, 5) is 37.2. The summed E-state index contributed by atoms with van der Waals surface area (Å²) < 4.78 is 37.8. The van der Waals surface area contributed by atoms with Gasteiger partial charge in [0, 0.05) is 19.0 Å². The molecule has 0 aromatic heterocycles. The van der Waals surface area contributed by atoms with Crippen molar-refractivity contribution in [3.8, 4) is 0 Å².